The van der Waals surface area contributed by atoms with E-state index in [4.69, 9.17) is 0 Å². The molecule has 1 aromatic rings. The van der Waals surface area contributed by atoms with Crippen molar-refractivity contribution >= 4 is 5.91 Å². The Balaban J connectivity index is 1.97. The number of hydrogen-bond donors (Lipinski definition) is 0. The molecule has 0 aliphatic carbocycles. The molecule has 0 aromatic carbocycles. The number of hydrogen-bond acceptors (Lipinski definition) is 4. The number of aromatic nitrogens is 2. The predicted molar refractivity (Wildman–Crippen MR) is 83.3 cm³/mol. The number of carbonyl (C=O) groups is 1. The SMILES string of the molecule is CCCN(CCN1CCCCC1)C(=O)c1ccnnc1C. The molecule has 0 atom stereocenters. The summed E-state index contributed by atoms with van der Waals surface area (Å²) >= 11 is 0. The van der Waals surface area contributed by atoms with Crippen LogP contribution in [-0.2, 0) is 0 Å². The van der Waals surface area contributed by atoms with E-state index in [1.807, 2.05) is 11.8 Å². The molecular formula is C16H26N4O. The summed E-state index contributed by atoms with van der Waals surface area (Å²) in [4.78, 5) is 17.1. The Bertz CT molecular complexity index is 457. The van der Waals surface area contributed by atoms with E-state index in [0.29, 0.717) is 11.3 Å². The van der Waals surface area contributed by atoms with Crippen LogP contribution in [0.25, 0.3) is 0 Å². The molecule has 0 unspecified atom stereocenters. The molecule has 1 aromatic heterocycles. The lowest BCUT2D eigenvalue weighted by Crippen LogP contribution is -2.41. The van der Waals surface area contributed by atoms with Gasteiger partial charge in [-0.1, -0.05) is 13.3 Å². The van der Waals surface area contributed by atoms with Crippen LogP contribution < -0.4 is 0 Å². The smallest absolute Gasteiger partial charge is 0.255 e. The number of amides is 1. The molecule has 1 aliphatic heterocycles. The van der Waals surface area contributed by atoms with Crippen molar-refractivity contribution in [2.75, 3.05) is 32.7 Å². The molecule has 2 rings (SSSR count). The van der Waals surface area contributed by atoms with E-state index in [1.165, 1.54) is 32.4 Å². The van der Waals surface area contributed by atoms with E-state index in [2.05, 4.69) is 22.0 Å². The van der Waals surface area contributed by atoms with E-state index >= 15 is 0 Å². The minimum Gasteiger partial charge on any atom is -0.337 e. The Morgan fingerprint density at radius 1 is 1.29 bits per heavy atom. The molecule has 0 N–H and O–H groups in total. The van der Waals surface area contributed by atoms with Gasteiger partial charge < -0.3 is 9.80 Å². The lowest BCUT2D eigenvalue weighted by Gasteiger charge is -2.30. The zero-order valence-corrected chi connectivity index (χ0v) is 13.2. The zero-order chi connectivity index (χ0) is 15.1. The summed E-state index contributed by atoms with van der Waals surface area (Å²) in [5, 5.41) is 7.81. The summed E-state index contributed by atoms with van der Waals surface area (Å²) in [6.07, 6.45) is 6.48. The van der Waals surface area contributed by atoms with Crippen LogP contribution >= 0.6 is 0 Å². The Labute approximate surface area is 127 Å². The molecule has 5 nitrogen and oxygen atoms in total. The van der Waals surface area contributed by atoms with Gasteiger partial charge in [0.25, 0.3) is 5.91 Å². The largest absolute Gasteiger partial charge is 0.337 e. The highest BCUT2D eigenvalue weighted by Gasteiger charge is 2.19. The molecule has 116 valence electrons. The molecule has 1 fully saturated rings. The lowest BCUT2D eigenvalue weighted by molar-refractivity contribution is 0.0727. The summed E-state index contributed by atoms with van der Waals surface area (Å²) in [7, 11) is 0. The molecule has 2 heterocycles. The van der Waals surface area contributed by atoms with Gasteiger partial charge in [0.15, 0.2) is 0 Å². The molecule has 1 aliphatic rings. The summed E-state index contributed by atoms with van der Waals surface area (Å²) in [5.74, 6) is 0.0845. The Kier molecular flexibility index (Phi) is 6.11. The van der Waals surface area contributed by atoms with Gasteiger partial charge in [-0.05, 0) is 45.3 Å². The van der Waals surface area contributed by atoms with Crippen LogP contribution in [0, 0.1) is 6.92 Å². The van der Waals surface area contributed by atoms with E-state index in [9.17, 15) is 4.79 Å². The van der Waals surface area contributed by atoms with Crippen molar-refractivity contribution in [2.45, 2.75) is 39.5 Å². The average Bonchev–Trinajstić information content (AvgIpc) is 2.52. The molecule has 1 amide bonds. The second-order valence-electron chi connectivity index (χ2n) is 5.72. The van der Waals surface area contributed by atoms with Crippen molar-refractivity contribution in [1.82, 2.24) is 20.0 Å². The highest BCUT2D eigenvalue weighted by Crippen LogP contribution is 2.11. The van der Waals surface area contributed by atoms with Crippen molar-refractivity contribution in [3.8, 4) is 0 Å². The highest BCUT2D eigenvalue weighted by molar-refractivity contribution is 5.95. The Morgan fingerprint density at radius 3 is 2.71 bits per heavy atom. The fourth-order valence-electron chi connectivity index (χ4n) is 2.83. The quantitative estimate of drug-likeness (QED) is 0.805. The number of aryl methyl sites for hydroxylation is 1. The maximum absolute atomic E-state index is 12.7. The summed E-state index contributed by atoms with van der Waals surface area (Å²) in [6.45, 7) is 8.87. The number of likely N-dealkylation sites (tertiary alicyclic amines) is 1. The van der Waals surface area contributed by atoms with Crippen LogP contribution in [0.1, 0.15) is 48.7 Å². The lowest BCUT2D eigenvalue weighted by atomic mass is 10.1. The topological polar surface area (TPSA) is 49.3 Å². The molecule has 0 bridgehead atoms. The number of nitrogens with zero attached hydrogens (tertiary/aromatic N) is 4. The van der Waals surface area contributed by atoms with Crippen molar-refractivity contribution < 1.29 is 4.79 Å². The normalized spacial score (nSPS) is 15.9. The van der Waals surface area contributed by atoms with Crippen molar-refractivity contribution in [3.05, 3.63) is 23.5 Å². The van der Waals surface area contributed by atoms with Crippen LogP contribution in [0.2, 0.25) is 0 Å². The van der Waals surface area contributed by atoms with Crippen molar-refractivity contribution in [2.24, 2.45) is 0 Å². The van der Waals surface area contributed by atoms with Crippen LogP contribution in [0.5, 0.6) is 0 Å². The monoisotopic (exact) mass is 290 g/mol. The Hall–Kier alpha value is -1.49. The van der Waals surface area contributed by atoms with Crippen LogP contribution in [0.3, 0.4) is 0 Å². The first kappa shape index (κ1) is 15.9. The van der Waals surface area contributed by atoms with Crippen LogP contribution in [0.15, 0.2) is 12.3 Å². The summed E-state index contributed by atoms with van der Waals surface area (Å²) in [6, 6.07) is 1.77. The molecule has 21 heavy (non-hydrogen) atoms. The van der Waals surface area contributed by atoms with Gasteiger partial charge in [0.05, 0.1) is 17.5 Å². The maximum Gasteiger partial charge on any atom is 0.255 e. The minimum atomic E-state index is 0.0845. The van der Waals surface area contributed by atoms with E-state index in [-0.39, 0.29) is 5.91 Å². The summed E-state index contributed by atoms with van der Waals surface area (Å²) < 4.78 is 0. The fourth-order valence-corrected chi connectivity index (χ4v) is 2.83. The zero-order valence-electron chi connectivity index (χ0n) is 13.2. The van der Waals surface area contributed by atoms with Gasteiger partial charge in [0.2, 0.25) is 0 Å². The van der Waals surface area contributed by atoms with E-state index in [0.717, 1.165) is 26.1 Å². The molecule has 0 spiro atoms. The molecule has 1 saturated heterocycles. The number of rotatable bonds is 6. The van der Waals surface area contributed by atoms with Crippen molar-refractivity contribution in [3.63, 3.8) is 0 Å². The van der Waals surface area contributed by atoms with Gasteiger partial charge in [0.1, 0.15) is 0 Å². The van der Waals surface area contributed by atoms with Crippen LogP contribution in [0.4, 0.5) is 0 Å². The summed E-state index contributed by atoms with van der Waals surface area (Å²) in [5.41, 5.74) is 1.39. The van der Waals surface area contributed by atoms with Gasteiger partial charge in [-0.25, -0.2) is 0 Å². The maximum atomic E-state index is 12.7. The molecule has 0 radical (unpaired) electrons. The highest BCUT2D eigenvalue weighted by atomic mass is 16.2. The molecular weight excluding hydrogens is 264 g/mol. The predicted octanol–water partition coefficient (Wildman–Crippen LogP) is 2.12. The first-order valence-corrected chi connectivity index (χ1v) is 8.02. The fraction of sp³-hybridized carbons (Fsp3) is 0.688. The average molecular weight is 290 g/mol. The van der Waals surface area contributed by atoms with Gasteiger partial charge in [-0.15, -0.1) is 0 Å². The second kappa shape index (κ2) is 8.08. The minimum absolute atomic E-state index is 0.0845. The molecule has 0 saturated carbocycles. The van der Waals surface area contributed by atoms with Gasteiger partial charge in [0, 0.05) is 19.6 Å². The van der Waals surface area contributed by atoms with Gasteiger partial charge in [-0.3, -0.25) is 4.79 Å². The molecule has 5 heteroatoms. The third kappa shape index (κ3) is 4.49. The first-order chi connectivity index (χ1) is 10.2. The second-order valence-corrected chi connectivity index (χ2v) is 5.72. The number of piperidine rings is 1. The Morgan fingerprint density at radius 2 is 2.05 bits per heavy atom. The van der Waals surface area contributed by atoms with E-state index < -0.39 is 0 Å². The standard InChI is InChI=1S/C16H26N4O/c1-3-9-20(13-12-19-10-5-4-6-11-19)16(21)15-7-8-17-18-14(15)2/h7-8H,3-6,9-13H2,1-2H3. The third-order valence-electron chi connectivity index (χ3n) is 4.05. The van der Waals surface area contributed by atoms with E-state index in [1.54, 1.807) is 12.3 Å². The third-order valence-corrected chi connectivity index (χ3v) is 4.05. The first-order valence-electron chi connectivity index (χ1n) is 8.02. The van der Waals surface area contributed by atoms with Crippen LogP contribution in [-0.4, -0.2) is 58.6 Å². The van der Waals surface area contributed by atoms with Gasteiger partial charge >= 0.3 is 0 Å². The van der Waals surface area contributed by atoms with Crippen molar-refractivity contribution in [1.29, 1.82) is 0 Å². The van der Waals surface area contributed by atoms with Gasteiger partial charge in [-0.2, -0.15) is 10.2 Å². The number of carbonyl (C=O) groups excluding carboxylic acids is 1.